The fraction of sp³-hybridized carbons (Fsp3) is 0.217. The molecule has 0 bridgehead atoms. The largest absolute Gasteiger partial charge is 0.465 e. The van der Waals surface area contributed by atoms with Crippen molar-refractivity contribution in [2.24, 2.45) is 0 Å². The van der Waals surface area contributed by atoms with Crippen LogP contribution in [0.25, 0.3) is 0 Å². The molecule has 148 valence electrons. The Balaban J connectivity index is 1.67. The van der Waals surface area contributed by atoms with Gasteiger partial charge in [0.05, 0.1) is 18.2 Å². The van der Waals surface area contributed by atoms with E-state index >= 15 is 0 Å². The van der Waals surface area contributed by atoms with E-state index in [1.807, 2.05) is 24.3 Å². The Morgan fingerprint density at radius 2 is 1.83 bits per heavy atom. The smallest absolute Gasteiger partial charge is 0.341 e. The lowest BCUT2D eigenvalue weighted by Crippen LogP contribution is -2.16. The molecule has 0 radical (unpaired) electrons. The second kappa shape index (κ2) is 8.51. The van der Waals surface area contributed by atoms with Gasteiger partial charge in [0, 0.05) is 9.35 Å². The number of halogens is 1. The number of esters is 1. The van der Waals surface area contributed by atoms with Gasteiger partial charge in [0.2, 0.25) is 0 Å². The number of methoxy groups -OCH3 is 1. The van der Waals surface area contributed by atoms with Crippen LogP contribution >= 0.6 is 27.3 Å². The summed E-state index contributed by atoms with van der Waals surface area (Å²) in [4.78, 5) is 26.5. The van der Waals surface area contributed by atoms with E-state index < -0.39 is 5.97 Å². The van der Waals surface area contributed by atoms with Gasteiger partial charge in [-0.05, 0) is 64.4 Å². The van der Waals surface area contributed by atoms with E-state index in [1.165, 1.54) is 24.0 Å². The molecule has 4 nitrogen and oxygen atoms in total. The van der Waals surface area contributed by atoms with Crippen molar-refractivity contribution in [3.8, 4) is 0 Å². The van der Waals surface area contributed by atoms with Crippen LogP contribution in [0.15, 0.2) is 59.1 Å². The number of anilines is 1. The van der Waals surface area contributed by atoms with Crippen LogP contribution in [0.4, 0.5) is 5.00 Å². The highest BCUT2D eigenvalue weighted by atomic mass is 79.9. The number of fused-ring (bicyclic) bond motifs is 1. The predicted molar refractivity (Wildman–Crippen MR) is 119 cm³/mol. The molecule has 0 saturated carbocycles. The van der Waals surface area contributed by atoms with E-state index in [1.54, 1.807) is 6.07 Å². The van der Waals surface area contributed by atoms with Gasteiger partial charge < -0.3 is 10.1 Å². The van der Waals surface area contributed by atoms with Gasteiger partial charge in [0.1, 0.15) is 5.00 Å². The lowest BCUT2D eigenvalue weighted by atomic mass is 9.83. The van der Waals surface area contributed by atoms with Gasteiger partial charge >= 0.3 is 5.97 Å². The molecule has 1 aromatic heterocycles. The van der Waals surface area contributed by atoms with E-state index in [2.05, 4.69) is 45.5 Å². The van der Waals surface area contributed by atoms with Gasteiger partial charge in [-0.1, -0.05) is 42.5 Å². The van der Waals surface area contributed by atoms with Gasteiger partial charge in [0.25, 0.3) is 5.91 Å². The van der Waals surface area contributed by atoms with Crippen LogP contribution in [0.5, 0.6) is 0 Å². The lowest BCUT2D eigenvalue weighted by molar-refractivity contribution is 0.0601. The minimum absolute atomic E-state index is 0.249. The zero-order chi connectivity index (χ0) is 20.4. The number of carbonyl (C=O) groups excluding carboxylic acids is 2. The fourth-order valence-electron chi connectivity index (χ4n) is 3.82. The van der Waals surface area contributed by atoms with Gasteiger partial charge in [0.15, 0.2) is 0 Å². The molecule has 4 rings (SSSR count). The second-order valence-corrected chi connectivity index (χ2v) is 8.94. The average molecular weight is 470 g/mol. The Morgan fingerprint density at radius 1 is 1.10 bits per heavy atom. The van der Waals surface area contributed by atoms with Crippen molar-refractivity contribution in [2.45, 2.75) is 25.2 Å². The van der Waals surface area contributed by atoms with E-state index in [0.717, 1.165) is 29.7 Å². The maximum atomic E-state index is 12.8. The van der Waals surface area contributed by atoms with E-state index in [0.29, 0.717) is 26.5 Å². The Hall–Kier alpha value is -2.44. The number of hydrogen-bond acceptors (Lipinski definition) is 4. The summed E-state index contributed by atoms with van der Waals surface area (Å²) in [6.07, 6.45) is 2.62. The Kier molecular flexibility index (Phi) is 5.83. The molecule has 0 spiro atoms. The zero-order valence-electron chi connectivity index (χ0n) is 15.9. The fourth-order valence-corrected chi connectivity index (χ4v) is 5.59. The third kappa shape index (κ3) is 4.00. The molecule has 1 aliphatic rings. The quantitative estimate of drug-likeness (QED) is 0.489. The number of hydrogen-bond donors (Lipinski definition) is 1. The molecule has 1 amide bonds. The van der Waals surface area contributed by atoms with Crippen LogP contribution in [-0.4, -0.2) is 19.0 Å². The minimum atomic E-state index is -0.400. The third-order valence-electron chi connectivity index (χ3n) is 5.27. The van der Waals surface area contributed by atoms with Crippen molar-refractivity contribution in [3.63, 3.8) is 0 Å². The number of rotatable bonds is 4. The van der Waals surface area contributed by atoms with Crippen molar-refractivity contribution in [1.82, 2.24) is 0 Å². The Bertz CT molecular complexity index is 1060. The van der Waals surface area contributed by atoms with E-state index in [-0.39, 0.29) is 5.91 Å². The molecule has 6 heteroatoms. The molecule has 1 aliphatic carbocycles. The SMILES string of the molecule is COC(=O)c1c(NC(=O)c2ccccc2Br)sc2c1CCC(c1ccccc1)C2. The summed E-state index contributed by atoms with van der Waals surface area (Å²) in [6.45, 7) is 0. The van der Waals surface area contributed by atoms with Crippen LogP contribution < -0.4 is 5.32 Å². The van der Waals surface area contributed by atoms with Crippen molar-refractivity contribution >= 4 is 44.1 Å². The van der Waals surface area contributed by atoms with Gasteiger partial charge in [-0.15, -0.1) is 11.3 Å². The highest BCUT2D eigenvalue weighted by molar-refractivity contribution is 9.10. The lowest BCUT2D eigenvalue weighted by Gasteiger charge is -2.22. The minimum Gasteiger partial charge on any atom is -0.465 e. The van der Waals surface area contributed by atoms with Crippen LogP contribution in [-0.2, 0) is 17.6 Å². The number of amides is 1. The first-order valence-corrected chi connectivity index (χ1v) is 11.0. The van der Waals surface area contributed by atoms with Crippen molar-refractivity contribution in [3.05, 3.63) is 86.2 Å². The molecule has 1 N–H and O–H groups in total. The van der Waals surface area contributed by atoms with Crippen LogP contribution in [0, 0.1) is 0 Å². The first-order valence-electron chi connectivity index (χ1n) is 9.42. The normalized spacial score (nSPS) is 15.4. The maximum absolute atomic E-state index is 12.8. The van der Waals surface area contributed by atoms with Crippen molar-refractivity contribution in [1.29, 1.82) is 0 Å². The van der Waals surface area contributed by atoms with Gasteiger partial charge in [-0.25, -0.2) is 4.79 Å². The molecule has 0 aliphatic heterocycles. The summed E-state index contributed by atoms with van der Waals surface area (Å²) in [5.74, 6) is -0.233. The third-order valence-corrected chi connectivity index (χ3v) is 7.13. The first-order chi connectivity index (χ1) is 14.1. The van der Waals surface area contributed by atoms with Gasteiger partial charge in [-0.2, -0.15) is 0 Å². The number of ether oxygens (including phenoxy) is 1. The Morgan fingerprint density at radius 3 is 2.55 bits per heavy atom. The van der Waals surface area contributed by atoms with E-state index in [4.69, 9.17) is 4.74 Å². The topological polar surface area (TPSA) is 55.4 Å². The van der Waals surface area contributed by atoms with E-state index in [9.17, 15) is 9.59 Å². The average Bonchev–Trinajstić information content (AvgIpc) is 3.11. The highest BCUT2D eigenvalue weighted by Crippen LogP contribution is 2.43. The maximum Gasteiger partial charge on any atom is 0.341 e. The molecule has 2 aromatic carbocycles. The van der Waals surface area contributed by atoms with Crippen molar-refractivity contribution < 1.29 is 14.3 Å². The predicted octanol–water partition coefficient (Wildman–Crippen LogP) is 5.82. The number of benzene rings is 2. The monoisotopic (exact) mass is 469 g/mol. The Labute approximate surface area is 182 Å². The zero-order valence-corrected chi connectivity index (χ0v) is 18.3. The standard InChI is InChI=1S/C23H20BrNO3S/c1-28-23(27)20-17-12-11-15(14-7-3-2-4-8-14)13-19(17)29-22(20)25-21(26)16-9-5-6-10-18(16)24/h2-10,15H,11-13H2,1H3,(H,25,26). The molecule has 3 aromatic rings. The molecule has 0 fully saturated rings. The van der Waals surface area contributed by atoms with Gasteiger partial charge in [-0.3, -0.25) is 4.79 Å². The molecule has 1 atom stereocenters. The first kappa shape index (κ1) is 19.9. The summed E-state index contributed by atoms with van der Waals surface area (Å²) >= 11 is 4.90. The summed E-state index contributed by atoms with van der Waals surface area (Å²) in [5.41, 5.74) is 3.35. The summed E-state index contributed by atoms with van der Waals surface area (Å²) in [6, 6.07) is 17.7. The summed E-state index contributed by atoms with van der Waals surface area (Å²) in [5, 5.41) is 3.51. The van der Waals surface area contributed by atoms with Crippen LogP contribution in [0.3, 0.4) is 0 Å². The molecular formula is C23H20BrNO3S. The van der Waals surface area contributed by atoms with Crippen molar-refractivity contribution in [2.75, 3.05) is 12.4 Å². The number of thiophene rings is 1. The highest BCUT2D eigenvalue weighted by Gasteiger charge is 2.30. The molecule has 1 unspecified atom stereocenters. The second-order valence-electron chi connectivity index (χ2n) is 6.98. The molecule has 29 heavy (non-hydrogen) atoms. The molecule has 1 heterocycles. The summed E-state index contributed by atoms with van der Waals surface area (Å²) in [7, 11) is 1.38. The molecule has 0 saturated heterocycles. The molecular weight excluding hydrogens is 450 g/mol. The van der Waals surface area contributed by atoms with Crippen LogP contribution in [0.1, 0.15) is 49.1 Å². The number of nitrogens with one attached hydrogen (secondary N) is 1. The van der Waals surface area contributed by atoms with Crippen LogP contribution in [0.2, 0.25) is 0 Å². The number of carbonyl (C=O) groups is 2. The summed E-state index contributed by atoms with van der Waals surface area (Å²) < 4.78 is 5.74.